The van der Waals surface area contributed by atoms with Gasteiger partial charge in [-0.1, -0.05) is 47.1 Å². The van der Waals surface area contributed by atoms with Gasteiger partial charge in [-0.05, 0) is 31.4 Å². The fourth-order valence-corrected chi connectivity index (χ4v) is 4.95. The Morgan fingerprint density at radius 1 is 1.21 bits per heavy atom. The van der Waals surface area contributed by atoms with Crippen LogP contribution in [0.1, 0.15) is 47.3 Å². The smallest absolute Gasteiger partial charge is 0.172 e. The first-order chi connectivity index (χ1) is 14.1. The quantitative estimate of drug-likeness (QED) is 0.387. The Bertz CT molecular complexity index is 904. The molecule has 1 aromatic carbocycles. The Labute approximate surface area is 179 Å². The van der Waals surface area contributed by atoms with Crippen molar-refractivity contribution in [3.8, 4) is 0 Å². The van der Waals surface area contributed by atoms with E-state index in [9.17, 15) is 4.79 Å². The van der Waals surface area contributed by atoms with E-state index in [0.29, 0.717) is 33.8 Å². The van der Waals surface area contributed by atoms with E-state index in [0.717, 1.165) is 43.6 Å². The molecule has 0 aliphatic carbocycles. The van der Waals surface area contributed by atoms with Crippen molar-refractivity contribution in [2.45, 2.75) is 38.2 Å². The number of nitrogens with zero attached hydrogens (tertiary/aromatic N) is 2. The molecule has 4 rings (SSSR count). The van der Waals surface area contributed by atoms with E-state index in [2.05, 4.69) is 10.1 Å². The second-order valence-corrected chi connectivity index (χ2v) is 9.27. The molecule has 0 amide bonds. The van der Waals surface area contributed by atoms with Crippen LogP contribution in [0.5, 0.6) is 0 Å². The van der Waals surface area contributed by atoms with E-state index in [1.807, 2.05) is 30.3 Å². The van der Waals surface area contributed by atoms with Crippen LogP contribution in [-0.4, -0.2) is 41.4 Å². The Kier molecular flexibility index (Phi) is 6.31. The summed E-state index contributed by atoms with van der Waals surface area (Å²) in [4.78, 5) is 20.7. The van der Waals surface area contributed by atoms with E-state index in [1.54, 1.807) is 12.1 Å². The van der Waals surface area contributed by atoms with Gasteiger partial charge in [0, 0.05) is 37.4 Å². The van der Waals surface area contributed by atoms with E-state index < -0.39 is 0 Å². The summed E-state index contributed by atoms with van der Waals surface area (Å²) in [6, 6.07) is 13.4. The molecule has 152 valence electrons. The van der Waals surface area contributed by atoms with Crippen LogP contribution < -0.4 is 0 Å². The second-order valence-electron chi connectivity index (χ2n) is 7.56. The Balaban J connectivity index is 1.22. The number of ketones is 1. The fourth-order valence-electron chi connectivity index (χ4n) is 3.94. The number of hydrogen-bond acceptors (Lipinski definition) is 5. The molecule has 2 aromatic rings. The summed E-state index contributed by atoms with van der Waals surface area (Å²) in [5, 5.41) is 12.8. The molecule has 1 atom stereocenters. The van der Waals surface area contributed by atoms with Gasteiger partial charge >= 0.3 is 0 Å². The van der Waals surface area contributed by atoms with Gasteiger partial charge < -0.3 is 9.74 Å². The van der Waals surface area contributed by atoms with Crippen molar-refractivity contribution in [1.82, 2.24) is 4.90 Å². The summed E-state index contributed by atoms with van der Waals surface area (Å²) in [6.45, 7) is 1.72. The van der Waals surface area contributed by atoms with Crippen molar-refractivity contribution in [3.05, 3.63) is 57.2 Å². The number of thiophene rings is 1. The number of piperidine rings is 1. The molecule has 1 aromatic heterocycles. The minimum Gasteiger partial charge on any atom is -0.392 e. The SMILES string of the molecule is N=C(c1ccccc1)N1CCC(C2=NOC(CCC(=O)c3ccc(Cl)s3)C2)CC1. The van der Waals surface area contributed by atoms with Crippen LogP contribution in [0.3, 0.4) is 0 Å². The maximum atomic E-state index is 12.2. The van der Waals surface area contributed by atoms with E-state index in [1.165, 1.54) is 11.3 Å². The van der Waals surface area contributed by atoms with E-state index in [4.69, 9.17) is 21.8 Å². The van der Waals surface area contributed by atoms with Crippen molar-refractivity contribution in [2.24, 2.45) is 11.1 Å². The average Bonchev–Trinajstić information content (AvgIpc) is 3.41. The summed E-state index contributed by atoms with van der Waals surface area (Å²) < 4.78 is 0.641. The Morgan fingerprint density at radius 3 is 2.66 bits per heavy atom. The van der Waals surface area contributed by atoms with Gasteiger partial charge in [0.1, 0.15) is 11.9 Å². The normalized spacial score (nSPS) is 19.7. The predicted octanol–water partition coefficient (Wildman–Crippen LogP) is 5.25. The number of halogens is 1. The lowest BCUT2D eigenvalue weighted by Crippen LogP contribution is -2.40. The molecule has 7 heteroatoms. The molecule has 0 spiro atoms. The Morgan fingerprint density at radius 2 is 1.97 bits per heavy atom. The molecule has 1 saturated heterocycles. The molecule has 2 aliphatic rings. The number of likely N-dealkylation sites (tertiary alicyclic amines) is 1. The summed E-state index contributed by atoms with van der Waals surface area (Å²) in [6.07, 6.45) is 3.90. The average molecular weight is 430 g/mol. The molecule has 1 fully saturated rings. The molecule has 5 nitrogen and oxygen atoms in total. The molecular weight excluding hydrogens is 406 g/mol. The zero-order chi connectivity index (χ0) is 20.2. The van der Waals surface area contributed by atoms with Crippen LogP contribution in [0, 0.1) is 11.3 Å². The highest BCUT2D eigenvalue weighted by atomic mass is 35.5. The molecule has 1 N–H and O–H groups in total. The van der Waals surface area contributed by atoms with Crippen molar-refractivity contribution in [1.29, 1.82) is 5.41 Å². The summed E-state index contributed by atoms with van der Waals surface area (Å²) in [5.41, 5.74) is 2.08. The minimum absolute atomic E-state index is 0.00923. The monoisotopic (exact) mass is 429 g/mol. The summed E-state index contributed by atoms with van der Waals surface area (Å²) in [7, 11) is 0. The highest BCUT2D eigenvalue weighted by molar-refractivity contribution is 7.18. The van der Waals surface area contributed by atoms with Gasteiger partial charge in [-0.15, -0.1) is 11.3 Å². The lowest BCUT2D eigenvalue weighted by molar-refractivity contribution is 0.0719. The number of benzene rings is 1. The van der Waals surface area contributed by atoms with Gasteiger partial charge in [0.05, 0.1) is 14.9 Å². The first kappa shape index (κ1) is 20.1. The standard InChI is InChI=1S/C22H24ClN3O2S/c23-21-9-8-20(29-21)19(27)7-6-17-14-18(25-28-17)15-10-12-26(13-11-15)22(24)16-4-2-1-3-5-16/h1-5,8-9,15,17,24H,6-7,10-14H2. The first-order valence-corrected chi connectivity index (χ1v) is 11.2. The minimum atomic E-state index is -0.00923. The lowest BCUT2D eigenvalue weighted by atomic mass is 9.88. The second kappa shape index (κ2) is 9.09. The molecule has 1 unspecified atom stereocenters. The molecule has 0 saturated carbocycles. The third kappa shape index (κ3) is 4.87. The largest absolute Gasteiger partial charge is 0.392 e. The van der Waals surface area contributed by atoms with Crippen LogP contribution in [0.4, 0.5) is 0 Å². The lowest BCUT2D eigenvalue weighted by Gasteiger charge is -2.33. The number of nitrogens with one attached hydrogen (secondary N) is 1. The van der Waals surface area contributed by atoms with Gasteiger partial charge in [0.15, 0.2) is 5.78 Å². The molecule has 29 heavy (non-hydrogen) atoms. The van der Waals surface area contributed by atoms with Crippen LogP contribution in [-0.2, 0) is 4.84 Å². The van der Waals surface area contributed by atoms with Crippen molar-refractivity contribution >= 4 is 40.3 Å². The molecule has 2 aliphatic heterocycles. The van der Waals surface area contributed by atoms with E-state index >= 15 is 0 Å². The molecule has 0 bridgehead atoms. The third-order valence-electron chi connectivity index (χ3n) is 5.63. The maximum Gasteiger partial charge on any atom is 0.172 e. The third-order valence-corrected chi connectivity index (χ3v) is 6.90. The van der Waals surface area contributed by atoms with Crippen molar-refractivity contribution in [3.63, 3.8) is 0 Å². The number of carbonyl (C=O) groups is 1. The predicted molar refractivity (Wildman–Crippen MR) is 117 cm³/mol. The Hall–Kier alpha value is -2.18. The highest BCUT2D eigenvalue weighted by Crippen LogP contribution is 2.28. The topological polar surface area (TPSA) is 65.8 Å². The highest BCUT2D eigenvalue weighted by Gasteiger charge is 2.31. The zero-order valence-corrected chi connectivity index (χ0v) is 17.7. The fraction of sp³-hybridized carbons (Fsp3) is 0.409. The number of rotatable bonds is 6. The van der Waals surface area contributed by atoms with Crippen LogP contribution in [0.15, 0.2) is 47.6 Å². The number of amidine groups is 1. The number of carbonyl (C=O) groups excluding carboxylic acids is 1. The van der Waals surface area contributed by atoms with Gasteiger partial charge in [-0.3, -0.25) is 10.2 Å². The van der Waals surface area contributed by atoms with E-state index in [-0.39, 0.29) is 11.9 Å². The molecule has 3 heterocycles. The molecule has 0 radical (unpaired) electrons. The van der Waals surface area contributed by atoms with Crippen molar-refractivity contribution in [2.75, 3.05) is 13.1 Å². The zero-order valence-electron chi connectivity index (χ0n) is 16.1. The molecular formula is C22H24ClN3O2S. The van der Waals surface area contributed by atoms with Gasteiger partial charge in [0.2, 0.25) is 0 Å². The van der Waals surface area contributed by atoms with Crippen LogP contribution in [0.25, 0.3) is 0 Å². The van der Waals surface area contributed by atoms with Gasteiger partial charge in [0.25, 0.3) is 0 Å². The number of Topliss-reactive ketones (excluding diaryl/α,β-unsaturated/α-hetero) is 1. The maximum absolute atomic E-state index is 12.2. The summed E-state index contributed by atoms with van der Waals surface area (Å²) >= 11 is 7.23. The van der Waals surface area contributed by atoms with Crippen LogP contribution >= 0.6 is 22.9 Å². The first-order valence-electron chi connectivity index (χ1n) is 10.00. The summed E-state index contributed by atoms with van der Waals surface area (Å²) in [5.74, 6) is 1.12. The van der Waals surface area contributed by atoms with Crippen LogP contribution in [0.2, 0.25) is 4.34 Å². The van der Waals surface area contributed by atoms with Gasteiger partial charge in [-0.25, -0.2) is 0 Å². The van der Waals surface area contributed by atoms with Gasteiger partial charge in [-0.2, -0.15) is 0 Å². The number of oxime groups is 1. The van der Waals surface area contributed by atoms with Crippen molar-refractivity contribution < 1.29 is 9.63 Å². The number of hydrogen-bond donors (Lipinski definition) is 1.